The fraction of sp³-hybridized carbons (Fsp3) is 0.133. The Labute approximate surface area is 131 Å². The molecule has 0 radical (unpaired) electrons. The Morgan fingerprint density at radius 3 is 2.83 bits per heavy atom. The molecule has 8 heteroatoms. The van der Waals surface area contributed by atoms with E-state index in [4.69, 9.17) is 5.11 Å². The van der Waals surface area contributed by atoms with Gasteiger partial charge in [0.15, 0.2) is 5.65 Å². The monoisotopic (exact) mass is 315 g/mol. The van der Waals surface area contributed by atoms with Gasteiger partial charge in [-0.05, 0) is 24.3 Å². The number of benzene rings is 1. The van der Waals surface area contributed by atoms with Crippen molar-refractivity contribution in [2.75, 3.05) is 24.3 Å². The SMILES string of the molecule is CN(C)c1cnc2nn(-c3cc(NC(=O)O)ccc3F)cc2c1. The van der Waals surface area contributed by atoms with Gasteiger partial charge in [-0.25, -0.2) is 18.9 Å². The number of nitrogens with zero attached hydrogens (tertiary/aromatic N) is 4. The molecule has 1 aromatic carbocycles. The van der Waals surface area contributed by atoms with E-state index in [1.54, 1.807) is 12.4 Å². The average molecular weight is 315 g/mol. The number of anilines is 2. The van der Waals surface area contributed by atoms with Crippen LogP contribution in [0.1, 0.15) is 0 Å². The number of halogens is 1. The first kappa shape index (κ1) is 14.8. The summed E-state index contributed by atoms with van der Waals surface area (Å²) in [6, 6.07) is 5.80. The molecule has 3 aromatic rings. The van der Waals surface area contributed by atoms with Gasteiger partial charge in [-0.15, -0.1) is 5.10 Å². The van der Waals surface area contributed by atoms with Crippen LogP contribution in [0.25, 0.3) is 16.7 Å². The summed E-state index contributed by atoms with van der Waals surface area (Å²) >= 11 is 0. The fourth-order valence-electron chi connectivity index (χ4n) is 2.16. The minimum Gasteiger partial charge on any atom is -0.465 e. The number of nitrogens with one attached hydrogen (secondary N) is 1. The number of fused-ring (bicyclic) bond motifs is 1. The molecule has 2 heterocycles. The van der Waals surface area contributed by atoms with Crippen LogP contribution in [-0.4, -0.2) is 40.1 Å². The lowest BCUT2D eigenvalue weighted by molar-refractivity contribution is 0.209. The quantitative estimate of drug-likeness (QED) is 0.776. The second kappa shape index (κ2) is 5.56. The predicted octanol–water partition coefficient (Wildman–Crippen LogP) is 2.72. The standard InChI is InChI=1S/C15H14FN5O2/c1-20(2)11-5-9-8-21(19-14(9)17-7-11)13-6-10(18-15(22)23)3-4-12(13)16/h3-8,18H,1-2H3,(H,22,23). The molecule has 0 aliphatic carbocycles. The van der Waals surface area contributed by atoms with Crippen molar-refractivity contribution in [3.8, 4) is 5.69 Å². The molecular formula is C15H14FN5O2. The third-order valence-corrected chi connectivity index (χ3v) is 3.31. The molecule has 0 spiro atoms. The van der Waals surface area contributed by atoms with Gasteiger partial charge in [-0.1, -0.05) is 0 Å². The highest BCUT2D eigenvalue weighted by Gasteiger charge is 2.11. The van der Waals surface area contributed by atoms with Crippen molar-refractivity contribution in [3.63, 3.8) is 0 Å². The number of rotatable bonds is 3. The minimum atomic E-state index is -1.22. The van der Waals surface area contributed by atoms with E-state index in [2.05, 4.69) is 15.4 Å². The molecule has 0 atom stereocenters. The van der Waals surface area contributed by atoms with Crippen LogP contribution < -0.4 is 10.2 Å². The van der Waals surface area contributed by atoms with Gasteiger partial charge in [0.05, 0.1) is 11.9 Å². The average Bonchev–Trinajstić information content (AvgIpc) is 2.91. The maximum atomic E-state index is 14.1. The Hall–Kier alpha value is -3.16. The number of aromatic nitrogens is 3. The molecule has 2 aromatic heterocycles. The summed E-state index contributed by atoms with van der Waals surface area (Å²) in [5.41, 5.74) is 1.78. The molecule has 0 aliphatic rings. The van der Waals surface area contributed by atoms with Crippen molar-refractivity contribution >= 4 is 28.5 Å². The van der Waals surface area contributed by atoms with Gasteiger partial charge >= 0.3 is 6.09 Å². The van der Waals surface area contributed by atoms with E-state index < -0.39 is 11.9 Å². The Bertz CT molecular complexity index is 891. The Balaban J connectivity index is 2.07. The molecule has 0 fully saturated rings. The Kier molecular flexibility index (Phi) is 3.57. The highest BCUT2D eigenvalue weighted by molar-refractivity contribution is 5.83. The second-order valence-electron chi connectivity index (χ2n) is 5.17. The lowest BCUT2D eigenvalue weighted by Crippen LogP contribution is -2.08. The van der Waals surface area contributed by atoms with Crippen LogP contribution >= 0.6 is 0 Å². The number of pyridine rings is 1. The highest BCUT2D eigenvalue weighted by Crippen LogP contribution is 2.22. The van der Waals surface area contributed by atoms with Gasteiger partial charge in [0.25, 0.3) is 0 Å². The molecule has 0 saturated heterocycles. The first-order valence-corrected chi connectivity index (χ1v) is 6.76. The van der Waals surface area contributed by atoms with Crippen LogP contribution in [0.2, 0.25) is 0 Å². The molecule has 2 N–H and O–H groups in total. The zero-order valence-corrected chi connectivity index (χ0v) is 12.5. The Morgan fingerprint density at radius 1 is 1.35 bits per heavy atom. The van der Waals surface area contributed by atoms with E-state index in [0.29, 0.717) is 5.65 Å². The van der Waals surface area contributed by atoms with Crippen LogP contribution in [0, 0.1) is 5.82 Å². The number of hydrogen-bond donors (Lipinski definition) is 2. The van der Waals surface area contributed by atoms with Crippen LogP contribution in [0.3, 0.4) is 0 Å². The van der Waals surface area contributed by atoms with Gasteiger partial charge in [0.1, 0.15) is 11.5 Å². The van der Waals surface area contributed by atoms with E-state index in [1.807, 2.05) is 25.1 Å². The fourth-order valence-corrected chi connectivity index (χ4v) is 2.16. The number of amides is 1. The topological polar surface area (TPSA) is 83.3 Å². The number of hydrogen-bond acceptors (Lipinski definition) is 4. The van der Waals surface area contributed by atoms with E-state index in [9.17, 15) is 9.18 Å². The third kappa shape index (κ3) is 2.91. The van der Waals surface area contributed by atoms with Crippen molar-refractivity contribution < 1.29 is 14.3 Å². The van der Waals surface area contributed by atoms with Gasteiger partial charge in [-0.2, -0.15) is 0 Å². The maximum absolute atomic E-state index is 14.1. The largest absolute Gasteiger partial charge is 0.465 e. The molecule has 0 aliphatic heterocycles. The summed E-state index contributed by atoms with van der Waals surface area (Å²) in [5, 5.41) is 15.9. The summed E-state index contributed by atoms with van der Waals surface area (Å²) in [6.07, 6.45) is 2.11. The number of carboxylic acid groups (broad SMARTS) is 1. The van der Waals surface area contributed by atoms with Gasteiger partial charge in [0.2, 0.25) is 0 Å². The molecule has 3 rings (SSSR count). The number of carbonyl (C=O) groups is 1. The molecule has 7 nitrogen and oxygen atoms in total. The van der Waals surface area contributed by atoms with Crippen LogP contribution in [0.15, 0.2) is 36.7 Å². The van der Waals surface area contributed by atoms with Crippen molar-refractivity contribution in [2.45, 2.75) is 0 Å². The van der Waals surface area contributed by atoms with E-state index in [1.165, 1.54) is 22.9 Å². The lowest BCUT2D eigenvalue weighted by atomic mass is 10.2. The Morgan fingerprint density at radius 2 is 2.13 bits per heavy atom. The van der Waals surface area contributed by atoms with Gasteiger partial charge in [-0.3, -0.25) is 5.32 Å². The first-order chi connectivity index (χ1) is 10.9. The molecule has 0 bridgehead atoms. The van der Waals surface area contributed by atoms with Crippen LogP contribution in [0.4, 0.5) is 20.6 Å². The summed E-state index contributed by atoms with van der Waals surface area (Å²) in [7, 11) is 3.79. The van der Waals surface area contributed by atoms with Crippen LogP contribution in [-0.2, 0) is 0 Å². The smallest absolute Gasteiger partial charge is 0.409 e. The second-order valence-corrected chi connectivity index (χ2v) is 5.17. The van der Waals surface area contributed by atoms with E-state index in [0.717, 1.165) is 11.1 Å². The maximum Gasteiger partial charge on any atom is 0.409 e. The van der Waals surface area contributed by atoms with Crippen molar-refractivity contribution in [1.29, 1.82) is 0 Å². The van der Waals surface area contributed by atoms with Crippen molar-refractivity contribution in [2.24, 2.45) is 0 Å². The molecular weight excluding hydrogens is 301 g/mol. The molecule has 0 saturated carbocycles. The highest BCUT2D eigenvalue weighted by atomic mass is 19.1. The van der Waals surface area contributed by atoms with Gasteiger partial charge in [0, 0.05) is 31.4 Å². The first-order valence-electron chi connectivity index (χ1n) is 6.76. The van der Waals surface area contributed by atoms with E-state index in [-0.39, 0.29) is 11.4 Å². The summed E-state index contributed by atoms with van der Waals surface area (Å²) in [5.74, 6) is -0.512. The van der Waals surface area contributed by atoms with Crippen molar-refractivity contribution in [3.05, 3.63) is 42.5 Å². The molecule has 23 heavy (non-hydrogen) atoms. The zero-order valence-electron chi connectivity index (χ0n) is 12.5. The van der Waals surface area contributed by atoms with Gasteiger partial charge < -0.3 is 10.0 Å². The summed E-state index contributed by atoms with van der Waals surface area (Å²) < 4.78 is 15.4. The molecule has 1 amide bonds. The zero-order chi connectivity index (χ0) is 16.6. The lowest BCUT2D eigenvalue weighted by Gasteiger charge is -2.10. The van der Waals surface area contributed by atoms with Crippen molar-refractivity contribution in [1.82, 2.24) is 14.8 Å². The van der Waals surface area contributed by atoms with Crippen LogP contribution in [0.5, 0.6) is 0 Å². The van der Waals surface area contributed by atoms with E-state index >= 15 is 0 Å². The summed E-state index contributed by atoms with van der Waals surface area (Å²) in [6.45, 7) is 0. The third-order valence-electron chi connectivity index (χ3n) is 3.31. The normalized spacial score (nSPS) is 10.7. The predicted molar refractivity (Wildman–Crippen MR) is 84.8 cm³/mol. The molecule has 118 valence electrons. The minimum absolute atomic E-state index is 0.139. The molecule has 0 unspecified atom stereocenters. The summed E-state index contributed by atoms with van der Waals surface area (Å²) in [4.78, 5) is 16.8.